The molecule has 0 aromatic heterocycles. The molecule has 0 radical (unpaired) electrons. The zero-order valence-electron chi connectivity index (χ0n) is 11.3. The highest BCUT2D eigenvalue weighted by Gasteiger charge is 2.23. The molecule has 2 nitrogen and oxygen atoms in total. The lowest BCUT2D eigenvalue weighted by Gasteiger charge is -2.28. The second-order valence-electron chi connectivity index (χ2n) is 5.32. The molecule has 0 unspecified atom stereocenters. The number of esters is 1. The van der Waals surface area contributed by atoms with E-state index in [0.29, 0.717) is 5.57 Å². The first-order chi connectivity index (χ1) is 8.13. The first-order valence-corrected chi connectivity index (χ1v) is 7.00. The summed E-state index contributed by atoms with van der Waals surface area (Å²) in [7, 11) is 0. The number of unbranched alkanes of at least 4 members (excludes halogenated alkanes) is 2. The maximum atomic E-state index is 11.4. The maximum absolute atomic E-state index is 11.4. The highest BCUT2D eigenvalue weighted by molar-refractivity contribution is 5.87. The van der Waals surface area contributed by atoms with Crippen molar-refractivity contribution in [2.75, 3.05) is 0 Å². The van der Waals surface area contributed by atoms with Gasteiger partial charge in [-0.1, -0.05) is 39.2 Å². The summed E-state index contributed by atoms with van der Waals surface area (Å²) in [5, 5.41) is 0. The summed E-state index contributed by atoms with van der Waals surface area (Å²) < 4.78 is 5.39. The highest BCUT2D eigenvalue weighted by atomic mass is 16.5. The molecule has 0 atom stereocenters. The molecule has 0 aromatic rings. The van der Waals surface area contributed by atoms with Crippen LogP contribution >= 0.6 is 0 Å². The second-order valence-corrected chi connectivity index (χ2v) is 5.32. The van der Waals surface area contributed by atoms with Crippen LogP contribution in [-0.2, 0) is 9.53 Å². The number of hydrogen-bond acceptors (Lipinski definition) is 2. The zero-order valence-corrected chi connectivity index (χ0v) is 11.3. The average Bonchev–Trinajstić information content (AvgIpc) is 2.31. The van der Waals surface area contributed by atoms with Gasteiger partial charge in [-0.05, 0) is 38.5 Å². The largest absolute Gasteiger partial charge is 0.459 e. The summed E-state index contributed by atoms with van der Waals surface area (Å²) in [5.41, 5.74) is 0.509. The van der Waals surface area contributed by atoms with Crippen molar-refractivity contribution >= 4 is 5.97 Å². The van der Waals surface area contributed by atoms with Crippen molar-refractivity contribution < 1.29 is 9.53 Å². The third-order valence-electron chi connectivity index (χ3n) is 3.63. The van der Waals surface area contributed by atoms with E-state index in [9.17, 15) is 4.79 Å². The fourth-order valence-corrected chi connectivity index (χ4v) is 2.47. The summed E-state index contributed by atoms with van der Waals surface area (Å²) in [6.45, 7) is 7.56. The van der Waals surface area contributed by atoms with Crippen molar-refractivity contribution in [3.8, 4) is 0 Å². The van der Waals surface area contributed by atoms with Gasteiger partial charge in [0.1, 0.15) is 6.10 Å². The van der Waals surface area contributed by atoms with Gasteiger partial charge in [-0.15, -0.1) is 0 Å². The lowest BCUT2D eigenvalue weighted by atomic mass is 9.84. The highest BCUT2D eigenvalue weighted by Crippen LogP contribution is 2.30. The Morgan fingerprint density at radius 3 is 2.41 bits per heavy atom. The van der Waals surface area contributed by atoms with Gasteiger partial charge in [0.25, 0.3) is 0 Å². The summed E-state index contributed by atoms with van der Waals surface area (Å²) in [6, 6.07) is 0. The Bertz CT molecular complexity index is 250. The maximum Gasteiger partial charge on any atom is 0.333 e. The first-order valence-electron chi connectivity index (χ1n) is 7.00. The van der Waals surface area contributed by atoms with E-state index in [1.165, 1.54) is 38.5 Å². The first kappa shape index (κ1) is 14.3. The third-order valence-corrected chi connectivity index (χ3v) is 3.63. The van der Waals surface area contributed by atoms with Crippen LogP contribution in [0.2, 0.25) is 0 Å². The molecule has 0 bridgehead atoms. The molecule has 0 aromatic carbocycles. The van der Waals surface area contributed by atoms with Crippen LogP contribution in [0, 0.1) is 5.92 Å². The molecule has 1 saturated carbocycles. The predicted octanol–water partition coefficient (Wildman–Crippen LogP) is 4.24. The van der Waals surface area contributed by atoms with Crippen molar-refractivity contribution in [1.29, 1.82) is 0 Å². The molecule has 1 rings (SSSR count). The molecular weight excluding hydrogens is 212 g/mol. The predicted molar refractivity (Wildman–Crippen MR) is 70.8 cm³/mol. The SMILES string of the molecule is C=C(C)C(=O)OC1CCC(CCCCC)CC1. The van der Waals surface area contributed by atoms with E-state index in [-0.39, 0.29) is 12.1 Å². The van der Waals surface area contributed by atoms with Crippen LogP contribution in [0.3, 0.4) is 0 Å². The van der Waals surface area contributed by atoms with Gasteiger partial charge < -0.3 is 4.74 Å². The quantitative estimate of drug-likeness (QED) is 0.393. The molecule has 0 spiro atoms. The third kappa shape index (κ3) is 5.38. The molecule has 0 saturated heterocycles. The minimum absolute atomic E-state index is 0.140. The fraction of sp³-hybridized carbons (Fsp3) is 0.800. The zero-order chi connectivity index (χ0) is 12.7. The Labute approximate surface area is 105 Å². The monoisotopic (exact) mass is 238 g/mol. The molecular formula is C15H26O2. The van der Waals surface area contributed by atoms with E-state index in [0.717, 1.165) is 18.8 Å². The van der Waals surface area contributed by atoms with Gasteiger partial charge in [0.05, 0.1) is 0 Å². The average molecular weight is 238 g/mol. The molecule has 17 heavy (non-hydrogen) atoms. The number of carbonyl (C=O) groups is 1. The van der Waals surface area contributed by atoms with E-state index in [4.69, 9.17) is 4.74 Å². The van der Waals surface area contributed by atoms with Crippen molar-refractivity contribution in [3.05, 3.63) is 12.2 Å². The Morgan fingerprint density at radius 2 is 1.88 bits per heavy atom. The van der Waals surface area contributed by atoms with Crippen molar-refractivity contribution in [3.63, 3.8) is 0 Å². The molecule has 2 heteroatoms. The van der Waals surface area contributed by atoms with Gasteiger partial charge in [-0.2, -0.15) is 0 Å². The van der Waals surface area contributed by atoms with E-state index < -0.39 is 0 Å². The van der Waals surface area contributed by atoms with E-state index in [1.54, 1.807) is 6.92 Å². The fourth-order valence-electron chi connectivity index (χ4n) is 2.47. The van der Waals surface area contributed by atoms with Gasteiger partial charge in [-0.25, -0.2) is 4.79 Å². The Balaban J connectivity index is 2.17. The summed E-state index contributed by atoms with van der Waals surface area (Å²) in [5.74, 6) is 0.640. The second kappa shape index (κ2) is 7.52. The molecule has 1 fully saturated rings. The molecule has 0 aliphatic heterocycles. The molecule has 0 heterocycles. The molecule has 0 N–H and O–H groups in total. The van der Waals surface area contributed by atoms with E-state index in [2.05, 4.69) is 13.5 Å². The smallest absolute Gasteiger partial charge is 0.333 e. The van der Waals surface area contributed by atoms with Crippen LogP contribution in [0.25, 0.3) is 0 Å². The summed E-state index contributed by atoms with van der Waals surface area (Å²) in [6.07, 6.45) is 10.0. The number of hydrogen-bond donors (Lipinski definition) is 0. The number of carbonyl (C=O) groups excluding carboxylic acids is 1. The minimum atomic E-state index is -0.223. The van der Waals surface area contributed by atoms with Crippen LogP contribution in [0.4, 0.5) is 0 Å². The standard InChI is InChI=1S/C15H26O2/c1-4-5-6-7-13-8-10-14(11-9-13)17-15(16)12(2)3/h13-14H,2,4-11H2,1,3H3. The lowest BCUT2D eigenvalue weighted by Crippen LogP contribution is -2.24. The van der Waals surface area contributed by atoms with Gasteiger partial charge in [0, 0.05) is 5.57 Å². The van der Waals surface area contributed by atoms with Gasteiger partial charge in [0.15, 0.2) is 0 Å². The van der Waals surface area contributed by atoms with Crippen molar-refractivity contribution in [2.24, 2.45) is 5.92 Å². The van der Waals surface area contributed by atoms with Crippen molar-refractivity contribution in [1.82, 2.24) is 0 Å². The summed E-state index contributed by atoms with van der Waals surface area (Å²) in [4.78, 5) is 11.4. The molecule has 1 aliphatic carbocycles. The van der Waals surface area contributed by atoms with E-state index in [1.807, 2.05) is 0 Å². The van der Waals surface area contributed by atoms with Crippen molar-refractivity contribution in [2.45, 2.75) is 71.3 Å². The van der Waals surface area contributed by atoms with Crippen LogP contribution < -0.4 is 0 Å². The molecule has 98 valence electrons. The normalized spacial score (nSPS) is 24.4. The topological polar surface area (TPSA) is 26.3 Å². The van der Waals surface area contributed by atoms with Crippen LogP contribution in [0.1, 0.15) is 65.2 Å². The van der Waals surface area contributed by atoms with E-state index >= 15 is 0 Å². The number of ether oxygens (including phenoxy) is 1. The van der Waals surface area contributed by atoms with Gasteiger partial charge >= 0.3 is 5.97 Å². The van der Waals surface area contributed by atoms with Gasteiger partial charge in [-0.3, -0.25) is 0 Å². The minimum Gasteiger partial charge on any atom is -0.459 e. The van der Waals surface area contributed by atoms with Gasteiger partial charge in [0.2, 0.25) is 0 Å². The molecule has 1 aliphatic rings. The summed E-state index contributed by atoms with van der Waals surface area (Å²) >= 11 is 0. The number of rotatable bonds is 6. The van der Waals surface area contributed by atoms with Crippen LogP contribution in [0.15, 0.2) is 12.2 Å². The lowest BCUT2D eigenvalue weighted by molar-refractivity contribution is -0.146. The van der Waals surface area contributed by atoms with Crippen LogP contribution in [-0.4, -0.2) is 12.1 Å². The Hall–Kier alpha value is -0.790. The Morgan fingerprint density at radius 1 is 1.24 bits per heavy atom. The Kier molecular flexibility index (Phi) is 6.31. The molecule has 0 amide bonds. The van der Waals surface area contributed by atoms with Crippen LogP contribution in [0.5, 0.6) is 0 Å².